The van der Waals surface area contributed by atoms with Gasteiger partial charge in [-0.25, -0.2) is 0 Å². The molecular formula is C18H34K2O4PdS3. The van der Waals surface area contributed by atoms with Crippen molar-refractivity contribution in [3.63, 3.8) is 0 Å². The number of Topliss-reactive ketones (excluding diaryl/α,β-unsaturated/α-hetero) is 1. The van der Waals surface area contributed by atoms with E-state index in [9.17, 15) is 13.2 Å². The van der Waals surface area contributed by atoms with Crippen molar-refractivity contribution >= 4 is 39.4 Å². The topological polar surface area (TPSA) is 71.4 Å². The minimum absolute atomic E-state index is 0. The van der Waals surface area contributed by atoms with Crippen molar-refractivity contribution in [3.8, 4) is 0 Å². The molecule has 3 unspecified atom stereocenters. The smallest absolute Gasteiger partial charge is 1.00 e. The summed E-state index contributed by atoms with van der Waals surface area (Å²) in [6.45, 7) is 5.67. The second-order valence-corrected chi connectivity index (χ2v) is 12.1. The van der Waals surface area contributed by atoms with Crippen molar-refractivity contribution in [1.29, 1.82) is 0 Å². The minimum atomic E-state index is -4.24. The van der Waals surface area contributed by atoms with Gasteiger partial charge in [-0.05, 0) is 72.9 Å². The van der Waals surface area contributed by atoms with E-state index in [2.05, 4.69) is 23.5 Å². The first kappa shape index (κ1) is 34.4. The molecule has 1 N–H and O–H groups in total. The van der Waals surface area contributed by atoms with Crippen LogP contribution in [0.4, 0.5) is 0 Å². The molecule has 4 aliphatic rings. The van der Waals surface area contributed by atoms with E-state index in [4.69, 9.17) is 4.55 Å². The van der Waals surface area contributed by atoms with Gasteiger partial charge in [-0.15, -0.1) is 0 Å². The van der Waals surface area contributed by atoms with Crippen molar-refractivity contribution in [1.82, 2.24) is 0 Å². The molecule has 0 aromatic heterocycles. The van der Waals surface area contributed by atoms with E-state index in [-0.39, 0.29) is 143 Å². The number of rotatable bonds is 1. The Kier molecular flexibility index (Phi) is 18.7. The van der Waals surface area contributed by atoms with Gasteiger partial charge in [0.05, 0.1) is 0 Å². The van der Waals surface area contributed by atoms with E-state index in [0.717, 1.165) is 6.42 Å². The van der Waals surface area contributed by atoms with Gasteiger partial charge in [-0.3, -0.25) is 9.35 Å². The summed E-state index contributed by atoms with van der Waals surface area (Å²) in [7, 11) is -4.24. The van der Waals surface area contributed by atoms with E-state index in [1.165, 1.54) is 48.7 Å². The Balaban J connectivity index is -0.000000191. The van der Waals surface area contributed by atoms with Gasteiger partial charge in [0, 0.05) is 25.8 Å². The zero-order valence-electron chi connectivity index (χ0n) is 19.9. The second kappa shape index (κ2) is 15.3. The van der Waals surface area contributed by atoms with Gasteiger partial charge >= 0.3 is 103 Å². The maximum Gasteiger partial charge on any atom is 1.00 e. The van der Waals surface area contributed by atoms with Crippen LogP contribution < -0.4 is 103 Å². The molecule has 2 heterocycles. The molecule has 2 saturated heterocycles. The number of hydrogen-bond acceptors (Lipinski definition) is 5. The van der Waals surface area contributed by atoms with Crippen LogP contribution in [0.5, 0.6) is 0 Å². The molecule has 28 heavy (non-hydrogen) atoms. The van der Waals surface area contributed by atoms with Gasteiger partial charge < -0.3 is 2.85 Å². The number of hydrogen-bond donors (Lipinski definition) is 1. The molecule has 160 valence electrons. The fraction of sp³-hybridized carbons (Fsp3) is 0.944. The number of ketones is 1. The Morgan fingerprint density at radius 3 is 1.54 bits per heavy atom. The summed E-state index contributed by atoms with van der Waals surface area (Å²) in [5.74, 6) is 5.14. The molecule has 2 saturated carbocycles. The van der Waals surface area contributed by atoms with Crippen molar-refractivity contribution < 1.29 is 144 Å². The number of carbonyl (C=O) groups excluding carboxylic acids is 1. The molecule has 4 fully saturated rings. The summed E-state index contributed by atoms with van der Waals surface area (Å²) in [5, 5.41) is -1.19. The number of thioether (sulfide) groups is 2. The first-order chi connectivity index (χ1) is 11.6. The molecule has 0 spiro atoms. The van der Waals surface area contributed by atoms with Crippen LogP contribution in [0.2, 0.25) is 0 Å². The molecule has 0 amide bonds. The van der Waals surface area contributed by atoms with Gasteiger partial charge in [0.2, 0.25) is 0 Å². The summed E-state index contributed by atoms with van der Waals surface area (Å²) < 4.78 is 31.5. The zero-order chi connectivity index (χ0) is 18.7. The predicted molar refractivity (Wildman–Crippen MR) is 110 cm³/mol. The van der Waals surface area contributed by atoms with Crippen molar-refractivity contribution in [2.45, 2.75) is 64.5 Å². The van der Waals surface area contributed by atoms with Crippen molar-refractivity contribution in [3.05, 3.63) is 0 Å². The number of fused-ring (bicyclic) bond motifs is 2. The number of carbonyl (C=O) groups is 1. The molecule has 4 rings (SSSR count). The Bertz CT molecular complexity index is 567. The third kappa shape index (κ3) is 8.46. The van der Waals surface area contributed by atoms with E-state index >= 15 is 0 Å². The van der Waals surface area contributed by atoms with Crippen LogP contribution in [0, 0.1) is 16.7 Å². The standard InChI is InChI=1S/C10H16O4S.2C4H8S.2K.Pd.2H/c1-9(2)6-4-5-10(9,3)8(11)7(6)15(12,13)14;2*1-2-4-5-3-1;;;;;/h6-7H,4-5H2,1-3H3,(H,12,13,14);2*1-4H2;;;;;/q;;;2*+1;;2*-1. The quantitative estimate of drug-likeness (QED) is 0.295. The summed E-state index contributed by atoms with van der Waals surface area (Å²) in [4.78, 5) is 12.0. The van der Waals surface area contributed by atoms with Crippen LogP contribution in [-0.4, -0.2) is 47.0 Å². The summed E-state index contributed by atoms with van der Waals surface area (Å²) in [5.41, 5.74) is -0.914. The van der Waals surface area contributed by atoms with Crippen LogP contribution >= 0.6 is 23.5 Å². The Labute approximate surface area is 282 Å². The van der Waals surface area contributed by atoms with Crippen LogP contribution in [0.25, 0.3) is 0 Å². The third-order valence-electron chi connectivity index (χ3n) is 6.45. The molecule has 0 aromatic rings. The summed E-state index contributed by atoms with van der Waals surface area (Å²) in [6, 6.07) is 0. The molecule has 2 aliphatic carbocycles. The minimum Gasteiger partial charge on any atom is -1.00 e. The van der Waals surface area contributed by atoms with Gasteiger partial charge in [0.15, 0.2) is 5.78 Å². The summed E-state index contributed by atoms with van der Waals surface area (Å²) >= 11 is 4.15. The second-order valence-electron chi connectivity index (χ2n) is 8.14. The Morgan fingerprint density at radius 2 is 1.36 bits per heavy atom. The average molecular weight is 595 g/mol. The molecule has 2 aliphatic heterocycles. The van der Waals surface area contributed by atoms with Crippen LogP contribution in [0.15, 0.2) is 0 Å². The van der Waals surface area contributed by atoms with Gasteiger partial charge in [-0.2, -0.15) is 31.9 Å². The van der Waals surface area contributed by atoms with E-state index in [1.54, 1.807) is 0 Å². The fourth-order valence-corrected chi connectivity index (χ4v) is 7.83. The van der Waals surface area contributed by atoms with E-state index in [0.29, 0.717) is 6.42 Å². The molecular weight excluding hydrogens is 561 g/mol. The molecule has 0 aromatic carbocycles. The fourth-order valence-electron chi connectivity index (χ4n) is 4.37. The summed E-state index contributed by atoms with van der Waals surface area (Å²) in [6.07, 6.45) is 7.29. The van der Waals surface area contributed by atoms with Gasteiger partial charge in [0.1, 0.15) is 5.25 Å². The van der Waals surface area contributed by atoms with Crippen LogP contribution in [0.1, 0.15) is 62.1 Å². The van der Waals surface area contributed by atoms with Gasteiger partial charge in [0.25, 0.3) is 10.1 Å². The molecule has 2 bridgehead atoms. The first-order valence-corrected chi connectivity index (χ1v) is 13.1. The maximum atomic E-state index is 12.0. The van der Waals surface area contributed by atoms with Crippen molar-refractivity contribution in [2.24, 2.45) is 16.7 Å². The maximum absolute atomic E-state index is 12.0. The van der Waals surface area contributed by atoms with E-state index < -0.39 is 20.8 Å². The predicted octanol–water partition coefficient (Wildman–Crippen LogP) is -1.47. The Morgan fingerprint density at radius 1 is 0.964 bits per heavy atom. The Hall–Kier alpha value is 4.22. The SMILES string of the molecule is C1CCSC1.C1CCSC1.CC12CCC(C(S(=O)(=O)O)C1=O)C2(C)C.[H-].[H-].[K+].[K+].[Pd]. The van der Waals surface area contributed by atoms with E-state index in [1.807, 2.05) is 20.8 Å². The molecule has 4 nitrogen and oxygen atoms in total. The normalized spacial score (nSPS) is 31.9. The molecule has 10 heteroatoms. The molecule has 0 radical (unpaired) electrons. The average Bonchev–Trinajstić information content (AvgIpc) is 3.29. The van der Waals surface area contributed by atoms with Crippen LogP contribution in [0.3, 0.4) is 0 Å². The zero-order valence-corrected chi connectivity index (χ0v) is 28.2. The van der Waals surface area contributed by atoms with Gasteiger partial charge in [-0.1, -0.05) is 20.8 Å². The molecule has 3 atom stereocenters. The van der Waals surface area contributed by atoms with Crippen LogP contribution in [-0.2, 0) is 35.3 Å². The monoisotopic (exact) mass is 594 g/mol. The first-order valence-electron chi connectivity index (χ1n) is 9.28. The third-order valence-corrected chi connectivity index (χ3v) is 9.94. The largest absolute Gasteiger partial charge is 1.00 e. The van der Waals surface area contributed by atoms with Crippen molar-refractivity contribution in [2.75, 3.05) is 23.0 Å².